The maximum Gasteiger partial charge on any atom is 0.417 e. The van der Waals surface area contributed by atoms with Crippen LogP contribution in [0.4, 0.5) is 19.0 Å². The minimum absolute atomic E-state index is 0.158. The highest BCUT2D eigenvalue weighted by molar-refractivity contribution is 7.91. The molecule has 2 rings (SSSR count). The van der Waals surface area contributed by atoms with Gasteiger partial charge >= 0.3 is 6.18 Å². The molecular formula is C12H16F3N3O2S. The van der Waals surface area contributed by atoms with Crippen LogP contribution in [0.25, 0.3) is 0 Å². The number of hydrogen-bond donors (Lipinski definition) is 1. The lowest BCUT2D eigenvalue weighted by molar-refractivity contribution is -0.137. The monoisotopic (exact) mass is 323 g/mol. The standard InChI is InChI=1S/C12H16F3N3O2S/c13-12(14,15)10-1-2-11(17-9-10)16-3-4-18-5-7-21(19,20)8-6-18/h1-2,9H,3-8H2,(H,16,17). The van der Waals surface area contributed by atoms with E-state index >= 15 is 0 Å². The molecule has 0 unspecified atom stereocenters. The van der Waals surface area contributed by atoms with E-state index in [1.54, 1.807) is 0 Å². The minimum atomic E-state index is -4.38. The predicted octanol–water partition coefficient (Wildman–Crippen LogP) is 1.24. The Bertz CT molecular complexity index is 558. The van der Waals surface area contributed by atoms with E-state index in [-0.39, 0.29) is 11.5 Å². The number of rotatable bonds is 4. The Morgan fingerprint density at radius 2 is 1.90 bits per heavy atom. The van der Waals surface area contributed by atoms with Crippen molar-refractivity contribution < 1.29 is 21.6 Å². The van der Waals surface area contributed by atoms with Crippen molar-refractivity contribution in [2.45, 2.75) is 6.18 Å². The van der Waals surface area contributed by atoms with E-state index in [2.05, 4.69) is 10.3 Å². The highest BCUT2D eigenvalue weighted by Gasteiger charge is 2.30. The Morgan fingerprint density at radius 1 is 1.24 bits per heavy atom. The number of anilines is 1. The van der Waals surface area contributed by atoms with Gasteiger partial charge in [-0.2, -0.15) is 13.2 Å². The maximum atomic E-state index is 12.4. The summed E-state index contributed by atoms with van der Waals surface area (Å²) in [5.74, 6) is 0.685. The summed E-state index contributed by atoms with van der Waals surface area (Å²) in [6, 6.07) is 2.26. The molecule has 2 heterocycles. The topological polar surface area (TPSA) is 62.3 Å². The Labute approximate surface area is 121 Å². The van der Waals surface area contributed by atoms with E-state index in [1.165, 1.54) is 6.07 Å². The van der Waals surface area contributed by atoms with Crippen molar-refractivity contribution in [1.29, 1.82) is 0 Å². The van der Waals surface area contributed by atoms with Crippen LogP contribution in [0.2, 0.25) is 0 Å². The molecule has 1 saturated heterocycles. The van der Waals surface area contributed by atoms with Gasteiger partial charge in [0.1, 0.15) is 5.82 Å². The SMILES string of the molecule is O=S1(=O)CCN(CCNc2ccc(C(F)(F)F)cn2)CC1. The van der Waals surface area contributed by atoms with Crippen LogP contribution in [-0.2, 0) is 16.0 Å². The number of nitrogens with zero attached hydrogens (tertiary/aromatic N) is 2. The molecule has 0 bridgehead atoms. The summed E-state index contributed by atoms with van der Waals surface area (Å²) in [5, 5.41) is 2.92. The molecule has 0 saturated carbocycles. The smallest absolute Gasteiger partial charge is 0.369 e. The first-order valence-electron chi connectivity index (χ1n) is 6.46. The Kier molecular flexibility index (Phi) is 4.72. The zero-order chi connectivity index (χ0) is 15.5. The zero-order valence-electron chi connectivity index (χ0n) is 11.2. The fourth-order valence-corrected chi connectivity index (χ4v) is 3.26. The number of nitrogens with one attached hydrogen (secondary N) is 1. The molecule has 1 aliphatic heterocycles. The molecule has 1 fully saturated rings. The van der Waals surface area contributed by atoms with Crippen molar-refractivity contribution in [2.75, 3.05) is 43.0 Å². The highest BCUT2D eigenvalue weighted by atomic mass is 32.2. The van der Waals surface area contributed by atoms with Crippen LogP contribution in [0, 0.1) is 0 Å². The van der Waals surface area contributed by atoms with E-state index in [4.69, 9.17) is 0 Å². The van der Waals surface area contributed by atoms with Gasteiger partial charge in [0.2, 0.25) is 0 Å². The van der Waals surface area contributed by atoms with Crippen molar-refractivity contribution in [3.8, 4) is 0 Å². The van der Waals surface area contributed by atoms with Gasteiger partial charge in [0.15, 0.2) is 9.84 Å². The van der Waals surface area contributed by atoms with Crippen molar-refractivity contribution in [1.82, 2.24) is 9.88 Å². The third-order valence-corrected chi connectivity index (χ3v) is 4.87. The minimum Gasteiger partial charge on any atom is -0.369 e. The fourth-order valence-electron chi connectivity index (χ4n) is 1.98. The lowest BCUT2D eigenvalue weighted by Gasteiger charge is -2.26. The van der Waals surface area contributed by atoms with Crippen LogP contribution in [0.3, 0.4) is 0 Å². The lowest BCUT2D eigenvalue weighted by Crippen LogP contribution is -2.42. The molecule has 21 heavy (non-hydrogen) atoms. The van der Waals surface area contributed by atoms with E-state index in [1.807, 2.05) is 4.90 Å². The summed E-state index contributed by atoms with van der Waals surface area (Å²) in [5.41, 5.74) is -0.783. The Hall–Kier alpha value is -1.35. The number of hydrogen-bond acceptors (Lipinski definition) is 5. The van der Waals surface area contributed by atoms with E-state index in [0.717, 1.165) is 12.3 Å². The highest BCUT2D eigenvalue weighted by Crippen LogP contribution is 2.28. The summed E-state index contributed by atoms with van der Waals surface area (Å²) in [7, 11) is -2.89. The summed E-state index contributed by atoms with van der Waals surface area (Å²) >= 11 is 0. The molecular weight excluding hydrogens is 307 g/mol. The van der Waals surface area contributed by atoms with Crippen LogP contribution in [0.1, 0.15) is 5.56 Å². The number of sulfone groups is 1. The average Bonchev–Trinajstić information content (AvgIpc) is 2.40. The molecule has 0 aliphatic carbocycles. The second kappa shape index (κ2) is 6.18. The number of halogens is 3. The number of alkyl halides is 3. The molecule has 5 nitrogen and oxygen atoms in total. The predicted molar refractivity (Wildman–Crippen MR) is 72.8 cm³/mol. The first kappa shape index (κ1) is 16.0. The van der Waals surface area contributed by atoms with Crippen molar-refractivity contribution in [3.63, 3.8) is 0 Å². The van der Waals surface area contributed by atoms with Crippen LogP contribution in [-0.4, -0.2) is 56.0 Å². The Balaban J connectivity index is 1.76. The van der Waals surface area contributed by atoms with Crippen LogP contribution in [0.5, 0.6) is 0 Å². The van der Waals surface area contributed by atoms with Gasteiger partial charge in [0.25, 0.3) is 0 Å². The number of pyridine rings is 1. The van der Waals surface area contributed by atoms with Crippen molar-refractivity contribution in [2.24, 2.45) is 0 Å². The first-order valence-corrected chi connectivity index (χ1v) is 8.28. The van der Waals surface area contributed by atoms with E-state index in [9.17, 15) is 21.6 Å². The van der Waals surface area contributed by atoms with Crippen LogP contribution >= 0.6 is 0 Å². The van der Waals surface area contributed by atoms with Crippen LogP contribution in [0.15, 0.2) is 18.3 Å². The average molecular weight is 323 g/mol. The largest absolute Gasteiger partial charge is 0.417 e. The van der Waals surface area contributed by atoms with Crippen molar-refractivity contribution in [3.05, 3.63) is 23.9 Å². The van der Waals surface area contributed by atoms with Gasteiger partial charge in [-0.15, -0.1) is 0 Å². The van der Waals surface area contributed by atoms with Crippen molar-refractivity contribution >= 4 is 15.7 Å². The molecule has 0 aromatic carbocycles. The van der Waals surface area contributed by atoms with Gasteiger partial charge in [-0.25, -0.2) is 13.4 Å². The van der Waals surface area contributed by atoms with Gasteiger partial charge in [-0.3, -0.25) is 4.90 Å². The Morgan fingerprint density at radius 3 is 2.43 bits per heavy atom. The molecule has 0 spiro atoms. The summed E-state index contributed by atoms with van der Waals surface area (Å²) in [6.07, 6.45) is -3.60. The van der Waals surface area contributed by atoms with Crippen LogP contribution < -0.4 is 5.32 Å². The summed E-state index contributed by atoms with van der Waals surface area (Å²) in [6.45, 7) is 2.10. The van der Waals surface area contributed by atoms with Gasteiger partial charge in [-0.05, 0) is 12.1 Å². The quantitative estimate of drug-likeness (QED) is 0.903. The third kappa shape index (κ3) is 4.85. The summed E-state index contributed by atoms with van der Waals surface area (Å²) in [4.78, 5) is 5.70. The molecule has 118 valence electrons. The zero-order valence-corrected chi connectivity index (χ0v) is 12.0. The van der Waals surface area contributed by atoms with Gasteiger partial charge < -0.3 is 5.32 Å². The van der Waals surface area contributed by atoms with E-state index in [0.29, 0.717) is 32.0 Å². The molecule has 1 aromatic heterocycles. The number of aromatic nitrogens is 1. The third-order valence-electron chi connectivity index (χ3n) is 3.26. The van der Waals surface area contributed by atoms with Gasteiger partial charge in [-0.1, -0.05) is 0 Å². The molecule has 9 heteroatoms. The van der Waals surface area contributed by atoms with E-state index < -0.39 is 21.6 Å². The fraction of sp³-hybridized carbons (Fsp3) is 0.583. The second-order valence-corrected chi connectivity index (χ2v) is 7.15. The second-order valence-electron chi connectivity index (χ2n) is 4.85. The molecule has 0 radical (unpaired) electrons. The lowest BCUT2D eigenvalue weighted by atomic mass is 10.3. The van der Waals surface area contributed by atoms with Gasteiger partial charge in [0.05, 0.1) is 17.1 Å². The molecule has 1 aromatic rings. The summed E-state index contributed by atoms with van der Waals surface area (Å²) < 4.78 is 59.6. The normalized spacial score (nSPS) is 19.4. The molecule has 0 amide bonds. The molecule has 1 aliphatic rings. The maximum absolute atomic E-state index is 12.4. The first-order chi connectivity index (χ1) is 9.76. The molecule has 0 atom stereocenters. The van der Waals surface area contributed by atoms with Gasteiger partial charge in [0, 0.05) is 32.4 Å². The molecule has 1 N–H and O–H groups in total.